The Morgan fingerprint density at radius 1 is 1.39 bits per heavy atom. The number of methoxy groups -OCH3 is 1. The van der Waals surface area contributed by atoms with Crippen LogP contribution in [0.25, 0.3) is 0 Å². The lowest BCUT2D eigenvalue weighted by atomic mass is 9.71. The van der Waals surface area contributed by atoms with Crippen LogP contribution in [0.4, 0.5) is 0 Å². The third kappa shape index (κ3) is 2.61. The molecule has 0 aliphatic heterocycles. The van der Waals surface area contributed by atoms with Crippen molar-refractivity contribution in [1.29, 1.82) is 0 Å². The molecule has 0 aromatic heterocycles. The van der Waals surface area contributed by atoms with Crippen LogP contribution >= 0.6 is 11.6 Å². The molecule has 3 nitrogen and oxygen atoms in total. The quantitative estimate of drug-likeness (QED) is 0.833. The van der Waals surface area contributed by atoms with Gasteiger partial charge in [0.2, 0.25) is 5.91 Å². The Kier molecular flexibility index (Phi) is 4.12. The van der Waals surface area contributed by atoms with Crippen LogP contribution in [0.15, 0.2) is 24.3 Å². The van der Waals surface area contributed by atoms with Crippen molar-refractivity contribution in [3.8, 4) is 5.75 Å². The van der Waals surface area contributed by atoms with Crippen molar-refractivity contribution in [3.05, 3.63) is 29.8 Å². The Morgan fingerprint density at radius 3 is 2.50 bits per heavy atom. The summed E-state index contributed by atoms with van der Waals surface area (Å²) in [4.78, 5) is 11.7. The van der Waals surface area contributed by atoms with E-state index in [1.54, 1.807) is 7.11 Å². The maximum atomic E-state index is 11.7. The molecular formula is C14H18ClNO2. The molecule has 1 amide bonds. The van der Waals surface area contributed by atoms with Crippen LogP contribution in [-0.4, -0.2) is 18.9 Å². The standard InChI is InChI=1S/C14H18ClNO2/c1-18-12-5-3-11(4-6-12)14(8-2-9-14)16-13(17)7-10-15/h3-6H,2,7-10H2,1H3,(H,16,17). The van der Waals surface area contributed by atoms with Crippen LogP contribution in [0.3, 0.4) is 0 Å². The van der Waals surface area contributed by atoms with E-state index in [-0.39, 0.29) is 11.4 Å². The summed E-state index contributed by atoms with van der Waals surface area (Å²) in [5.41, 5.74) is 0.965. The van der Waals surface area contributed by atoms with E-state index in [0.717, 1.165) is 30.6 Å². The molecule has 98 valence electrons. The SMILES string of the molecule is COc1ccc(C2(NC(=O)CCCl)CCC2)cc1. The Bertz CT molecular complexity index is 412. The van der Waals surface area contributed by atoms with Crippen LogP contribution in [0, 0.1) is 0 Å². The van der Waals surface area contributed by atoms with Gasteiger partial charge in [0.15, 0.2) is 0 Å². The van der Waals surface area contributed by atoms with Gasteiger partial charge in [-0.25, -0.2) is 0 Å². The molecule has 0 spiro atoms. The molecule has 1 aromatic carbocycles. The van der Waals surface area contributed by atoms with Crippen LogP contribution in [0.1, 0.15) is 31.2 Å². The van der Waals surface area contributed by atoms with Crippen LogP contribution in [0.2, 0.25) is 0 Å². The van der Waals surface area contributed by atoms with E-state index in [9.17, 15) is 4.79 Å². The van der Waals surface area contributed by atoms with Crippen molar-refractivity contribution in [2.45, 2.75) is 31.2 Å². The van der Waals surface area contributed by atoms with Gasteiger partial charge >= 0.3 is 0 Å². The summed E-state index contributed by atoms with van der Waals surface area (Å²) in [7, 11) is 1.65. The zero-order chi connectivity index (χ0) is 13.0. The number of hydrogen-bond acceptors (Lipinski definition) is 2. The zero-order valence-corrected chi connectivity index (χ0v) is 11.3. The minimum Gasteiger partial charge on any atom is -0.497 e. The topological polar surface area (TPSA) is 38.3 Å². The van der Waals surface area contributed by atoms with Gasteiger partial charge in [-0.2, -0.15) is 0 Å². The van der Waals surface area contributed by atoms with Gasteiger partial charge in [-0.3, -0.25) is 4.79 Å². The third-order valence-corrected chi connectivity index (χ3v) is 3.74. The van der Waals surface area contributed by atoms with E-state index in [1.807, 2.05) is 24.3 Å². The Morgan fingerprint density at radius 2 is 2.06 bits per heavy atom. The lowest BCUT2D eigenvalue weighted by molar-refractivity contribution is -0.123. The molecule has 1 saturated carbocycles. The molecule has 4 heteroatoms. The third-order valence-electron chi connectivity index (χ3n) is 3.55. The van der Waals surface area contributed by atoms with Crippen LogP contribution in [-0.2, 0) is 10.3 Å². The van der Waals surface area contributed by atoms with Gasteiger partial charge in [0.05, 0.1) is 12.6 Å². The van der Waals surface area contributed by atoms with Crippen molar-refractivity contribution in [2.24, 2.45) is 0 Å². The highest BCUT2D eigenvalue weighted by Gasteiger charge is 2.39. The average molecular weight is 268 g/mol. The summed E-state index contributed by atoms with van der Waals surface area (Å²) in [5.74, 6) is 1.23. The molecule has 1 aliphatic rings. The summed E-state index contributed by atoms with van der Waals surface area (Å²) >= 11 is 5.59. The molecule has 0 bridgehead atoms. The van der Waals surface area contributed by atoms with E-state index < -0.39 is 0 Å². The van der Waals surface area contributed by atoms with Gasteiger partial charge in [-0.05, 0) is 37.0 Å². The molecule has 18 heavy (non-hydrogen) atoms. The number of amides is 1. The number of benzene rings is 1. The second-order valence-corrected chi connectivity index (χ2v) is 5.03. The molecule has 2 rings (SSSR count). The van der Waals surface area contributed by atoms with Crippen LogP contribution < -0.4 is 10.1 Å². The van der Waals surface area contributed by atoms with E-state index in [1.165, 1.54) is 0 Å². The van der Waals surface area contributed by atoms with Gasteiger partial charge in [0, 0.05) is 12.3 Å². The fourth-order valence-electron chi connectivity index (χ4n) is 2.34. The van der Waals surface area contributed by atoms with Crippen LogP contribution in [0.5, 0.6) is 5.75 Å². The highest BCUT2D eigenvalue weighted by Crippen LogP contribution is 2.41. The largest absolute Gasteiger partial charge is 0.497 e. The first-order chi connectivity index (χ1) is 8.70. The predicted molar refractivity (Wildman–Crippen MR) is 72.0 cm³/mol. The molecule has 1 fully saturated rings. The van der Waals surface area contributed by atoms with E-state index in [2.05, 4.69) is 5.32 Å². The number of ether oxygens (including phenoxy) is 1. The number of carbonyl (C=O) groups is 1. The van der Waals surface area contributed by atoms with Crippen molar-refractivity contribution in [3.63, 3.8) is 0 Å². The Hall–Kier alpha value is -1.22. The van der Waals surface area contributed by atoms with Gasteiger partial charge in [-0.1, -0.05) is 12.1 Å². The molecule has 0 radical (unpaired) electrons. The minimum absolute atomic E-state index is 0.0283. The Balaban J connectivity index is 2.13. The van der Waals surface area contributed by atoms with E-state index in [4.69, 9.17) is 16.3 Å². The fourth-order valence-corrected chi connectivity index (χ4v) is 2.51. The highest BCUT2D eigenvalue weighted by atomic mass is 35.5. The summed E-state index contributed by atoms with van der Waals surface area (Å²) in [5, 5.41) is 3.12. The molecular weight excluding hydrogens is 250 g/mol. The Labute approximate surface area is 112 Å². The highest BCUT2D eigenvalue weighted by molar-refractivity contribution is 6.18. The summed E-state index contributed by atoms with van der Waals surface area (Å²) in [6.45, 7) is 0. The number of hydrogen-bond donors (Lipinski definition) is 1. The zero-order valence-electron chi connectivity index (χ0n) is 10.5. The fraction of sp³-hybridized carbons (Fsp3) is 0.500. The maximum absolute atomic E-state index is 11.7. The van der Waals surface area contributed by atoms with E-state index >= 15 is 0 Å². The molecule has 0 unspecified atom stereocenters. The maximum Gasteiger partial charge on any atom is 0.221 e. The smallest absolute Gasteiger partial charge is 0.221 e. The lowest BCUT2D eigenvalue weighted by Crippen LogP contribution is -2.50. The lowest BCUT2D eigenvalue weighted by Gasteiger charge is -2.43. The molecule has 1 aromatic rings. The summed E-state index contributed by atoms with van der Waals surface area (Å²) in [6, 6.07) is 7.92. The molecule has 0 saturated heterocycles. The first-order valence-electron chi connectivity index (χ1n) is 6.22. The van der Waals surface area contributed by atoms with Crippen molar-refractivity contribution >= 4 is 17.5 Å². The second kappa shape index (κ2) is 5.61. The first kappa shape index (κ1) is 13.2. The van der Waals surface area contributed by atoms with Crippen molar-refractivity contribution in [2.75, 3.05) is 13.0 Å². The van der Waals surface area contributed by atoms with Gasteiger partial charge in [-0.15, -0.1) is 11.6 Å². The number of rotatable bonds is 5. The second-order valence-electron chi connectivity index (χ2n) is 4.65. The molecule has 1 N–H and O–H groups in total. The summed E-state index contributed by atoms with van der Waals surface area (Å²) in [6.07, 6.45) is 3.51. The summed E-state index contributed by atoms with van der Waals surface area (Å²) < 4.78 is 5.15. The number of carbonyl (C=O) groups excluding carboxylic acids is 1. The minimum atomic E-state index is -0.185. The monoisotopic (exact) mass is 267 g/mol. The van der Waals surface area contributed by atoms with Gasteiger partial charge in [0.25, 0.3) is 0 Å². The first-order valence-corrected chi connectivity index (χ1v) is 6.75. The molecule has 0 heterocycles. The average Bonchev–Trinajstić information content (AvgIpc) is 2.34. The number of alkyl halides is 1. The number of nitrogens with one attached hydrogen (secondary N) is 1. The van der Waals surface area contributed by atoms with Gasteiger partial charge < -0.3 is 10.1 Å². The molecule has 1 aliphatic carbocycles. The normalized spacial score (nSPS) is 16.8. The van der Waals surface area contributed by atoms with Crippen molar-refractivity contribution in [1.82, 2.24) is 5.32 Å². The molecule has 0 atom stereocenters. The number of halogens is 1. The van der Waals surface area contributed by atoms with Crippen molar-refractivity contribution < 1.29 is 9.53 Å². The predicted octanol–water partition coefficient (Wildman–Crippen LogP) is 2.82. The van der Waals surface area contributed by atoms with Gasteiger partial charge in [0.1, 0.15) is 5.75 Å². The van der Waals surface area contributed by atoms with E-state index in [0.29, 0.717) is 12.3 Å².